The van der Waals surface area contributed by atoms with Crippen LogP contribution in [-0.4, -0.2) is 16.5 Å². The third kappa shape index (κ3) is 3.68. The zero-order valence-corrected chi connectivity index (χ0v) is 15.1. The maximum Gasteiger partial charge on any atom is 0.418 e. The molecular formula is C18H16Cl2F3N3. The number of halogens is 5. The first kappa shape index (κ1) is 19.0. The Morgan fingerprint density at radius 2 is 1.92 bits per heavy atom. The van der Waals surface area contributed by atoms with E-state index < -0.39 is 11.7 Å². The molecule has 0 bridgehead atoms. The highest BCUT2D eigenvalue weighted by Gasteiger charge is 2.34. The summed E-state index contributed by atoms with van der Waals surface area (Å²) in [6.07, 6.45) is 0.554. The lowest BCUT2D eigenvalue weighted by Crippen LogP contribution is -2.05. The zero-order valence-electron chi connectivity index (χ0n) is 13.6. The van der Waals surface area contributed by atoms with Crippen LogP contribution >= 0.6 is 23.2 Å². The number of nitrogens with zero attached hydrogens (tertiary/aromatic N) is 1. The largest absolute Gasteiger partial charge is 0.418 e. The Balaban J connectivity index is 2.29. The van der Waals surface area contributed by atoms with Crippen molar-refractivity contribution in [3.63, 3.8) is 0 Å². The predicted molar refractivity (Wildman–Crippen MR) is 98.5 cm³/mol. The minimum absolute atomic E-state index is 0.00697. The molecule has 0 atom stereocenters. The van der Waals surface area contributed by atoms with Crippen molar-refractivity contribution in [3.8, 4) is 11.3 Å². The number of rotatable bonds is 5. The summed E-state index contributed by atoms with van der Waals surface area (Å²) in [4.78, 5) is 6.87. The molecule has 8 heteroatoms. The molecule has 3 aromatic rings. The maximum absolute atomic E-state index is 13.5. The lowest BCUT2D eigenvalue weighted by Gasteiger charge is -2.09. The average molecular weight is 402 g/mol. The number of nitrogens with one attached hydrogen (secondary N) is 1. The summed E-state index contributed by atoms with van der Waals surface area (Å²) in [5, 5.41) is 0.847. The Hall–Kier alpha value is -1.76. The van der Waals surface area contributed by atoms with E-state index in [0.717, 1.165) is 24.5 Å². The monoisotopic (exact) mass is 401 g/mol. The van der Waals surface area contributed by atoms with Gasteiger partial charge >= 0.3 is 6.18 Å². The number of benzene rings is 1. The number of nitrogens with two attached hydrogens (primary N) is 1. The molecule has 0 fully saturated rings. The molecule has 138 valence electrons. The molecule has 0 saturated heterocycles. The third-order valence-corrected chi connectivity index (χ3v) is 4.73. The van der Waals surface area contributed by atoms with Crippen LogP contribution in [0.25, 0.3) is 22.2 Å². The van der Waals surface area contributed by atoms with Gasteiger partial charge in [-0.15, -0.1) is 0 Å². The van der Waals surface area contributed by atoms with Crippen LogP contribution in [0, 0.1) is 0 Å². The predicted octanol–water partition coefficient (Wildman–Crippen LogP) is 5.84. The number of fused-ring (bicyclic) bond motifs is 1. The van der Waals surface area contributed by atoms with Crippen LogP contribution in [-0.2, 0) is 12.6 Å². The number of aryl methyl sites for hydroxylation is 1. The summed E-state index contributed by atoms with van der Waals surface area (Å²) in [6.45, 7) is 0.516. The maximum atomic E-state index is 13.5. The number of alkyl halides is 3. The van der Waals surface area contributed by atoms with Gasteiger partial charge in [-0.05, 0) is 49.6 Å². The van der Waals surface area contributed by atoms with Crippen LogP contribution in [0.5, 0.6) is 0 Å². The fraction of sp³-hybridized carbons (Fsp3) is 0.278. The van der Waals surface area contributed by atoms with Crippen molar-refractivity contribution >= 4 is 34.1 Å². The molecule has 0 unspecified atom stereocenters. The summed E-state index contributed by atoms with van der Waals surface area (Å²) in [5.41, 5.74) is 6.66. The summed E-state index contributed by atoms with van der Waals surface area (Å²) in [6, 6.07) is 4.16. The van der Waals surface area contributed by atoms with Crippen molar-refractivity contribution in [2.75, 3.05) is 6.54 Å². The lowest BCUT2D eigenvalue weighted by molar-refractivity contribution is -0.136. The normalized spacial score (nSPS) is 12.1. The van der Waals surface area contributed by atoms with Crippen LogP contribution in [0.4, 0.5) is 13.2 Å². The Morgan fingerprint density at radius 3 is 2.58 bits per heavy atom. The topological polar surface area (TPSA) is 54.7 Å². The standard InChI is InChI=1S/C18H16Cl2F3N3/c19-10-7-13-11(3-1-2-5-24)16(12-4-6-25-9-15(12)20)26-17(13)14(8-10)18(21,22)23/h4,6-9,26H,1-3,5,24H2. The van der Waals surface area contributed by atoms with E-state index in [4.69, 9.17) is 28.9 Å². The SMILES string of the molecule is NCCCCc1c(-c2ccncc2Cl)[nH]c2c(C(F)(F)F)cc(Cl)cc12. The zero-order chi connectivity index (χ0) is 18.9. The molecule has 1 aromatic carbocycles. The average Bonchev–Trinajstić information content (AvgIpc) is 2.92. The van der Waals surface area contributed by atoms with Crippen LogP contribution in [0.3, 0.4) is 0 Å². The summed E-state index contributed by atoms with van der Waals surface area (Å²) < 4.78 is 40.5. The van der Waals surface area contributed by atoms with Gasteiger partial charge < -0.3 is 10.7 Å². The molecule has 0 amide bonds. The molecule has 3 nitrogen and oxygen atoms in total. The second-order valence-electron chi connectivity index (χ2n) is 5.95. The van der Waals surface area contributed by atoms with Crippen LogP contribution < -0.4 is 5.73 Å². The number of aromatic nitrogens is 2. The van der Waals surface area contributed by atoms with Gasteiger partial charge in [-0.25, -0.2) is 0 Å². The Kier molecular flexibility index (Phi) is 5.46. The molecular weight excluding hydrogens is 386 g/mol. The lowest BCUT2D eigenvalue weighted by atomic mass is 9.99. The fourth-order valence-electron chi connectivity index (χ4n) is 3.05. The minimum Gasteiger partial charge on any atom is -0.354 e. The first-order valence-corrected chi connectivity index (χ1v) is 8.79. The van der Waals surface area contributed by atoms with Crippen LogP contribution in [0.1, 0.15) is 24.0 Å². The molecule has 3 rings (SSSR count). The number of aromatic amines is 1. The van der Waals surface area contributed by atoms with Crippen molar-refractivity contribution in [3.05, 3.63) is 51.8 Å². The molecule has 0 aliphatic heterocycles. The molecule has 26 heavy (non-hydrogen) atoms. The van der Waals surface area contributed by atoms with Gasteiger partial charge in [-0.2, -0.15) is 13.2 Å². The van der Waals surface area contributed by atoms with Gasteiger partial charge in [0.15, 0.2) is 0 Å². The van der Waals surface area contributed by atoms with Crippen molar-refractivity contribution in [1.82, 2.24) is 9.97 Å². The van der Waals surface area contributed by atoms with Crippen LogP contribution in [0.15, 0.2) is 30.6 Å². The van der Waals surface area contributed by atoms with E-state index in [1.165, 1.54) is 6.20 Å². The van der Waals surface area contributed by atoms with Gasteiger partial charge in [-0.3, -0.25) is 4.98 Å². The van der Waals surface area contributed by atoms with Crippen molar-refractivity contribution in [1.29, 1.82) is 0 Å². The van der Waals surface area contributed by atoms with E-state index >= 15 is 0 Å². The highest BCUT2D eigenvalue weighted by atomic mass is 35.5. The van der Waals surface area contributed by atoms with Crippen molar-refractivity contribution < 1.29 is 13.2 Å². The number of pyridine rings is 1. The van der Waals surface area contributed by atoms with E-state index in [0.29, 0.717) is 34.6 Å². The van der Waals surface area contributed by atoms with E-state index in [1.807, 2.05) is 0 Å². The Morgan fingerprint density at radius 1 is 1.15 bits per heavy atom. The van der Waals surface area contributed by atoms with Gasteiger partial charge in [-0.1, -0.05) is 23.2 Å². The number of hydrogen-bond donors (Lipinski definition) is 2. The number of unbranched alkanes of at least 4 members (excludes halogenated alkanes) is 1. The summed E-state index contributed by atoms with van der Waals surface area (Å²) in [5.74, 6) is 0. The third-order valence-electron chi connectivity index (χ3n) is 4.21. The van der Waals surface area contributed by atoms with Gasteiger partial charge in [0, 0.05) is 28.4 Å². The van der Waals surface area contributed by atoms with E-state index in [9.17, 15) is 13.2 Å². The Bertz CT molecular complexity index is 935. The van der Waals surface area contributed by atoms with E-state index in [-0.39, 0.29) is 10.5 Å². The molecule has 3 N–H and O–H groups in total. The van der Waals surface area contributed by atoms with Gasteiger partial charge in [0.1, 0.15) is 0 Å². The second-order valence-corrected chi connectivity index (χ2v) is 6.80. The number of hydrogen-bond acceptors (Lipinski definition) is 2. The molecule has 2 aromatic heterocycles. The van der Waals surface area contributed by atoms with E-state index in [2.05, 4.69) is 9.97 Å². The molecule has 0 aliphatic rings. The molecule has 2 heterocycles. The molecule has 0 saturated carbocycles. The fourth-order valence-corrected chi connectivity index (χ4v) is 3.48. The molecule has 0 aliphatic carbocycles. The van der Waals surface area contributed by atoms with Crippen molar-refractivity contribution in [2.45, 2.75) is 25.4 Å². The molecule has 0 spiro atoms. The summed E-state index contributed by atoms with van der Waals surface area (Å²) in [7, 11) is 0. The van der Waals surface area contributed by atoms with Crippen molar-refractivity contribution in [2.24, 2.45) is 5.73 Å². The quantitative estimate of drug-likeness (QED) is 0.527. The van der Waals surface area contributed by atoms with Crippen LogP contribution in [0.2, 0.25) is 10.0 Å². The highest BCUT2D eigenvalue weighted by molar-refractivity contribution is 6.33. The Labute approximate surface area is 158 Å². The molecule has 0 radical (unpaired) electrons. The highest BCUT2D eigenvalue weighted by Crippen LogP contribution is 2.42. The first-order valence-electron chi connectivity index (χ1n) is 8.04. The van der Waals surface area contributed by atoms with Gasteiger partial charge in [0.05, 0.1) is 21.8 Å². The first-order chi connectivity index (χ1) is 12.3. The summed E-state index contributed by atoms with van der Waals surface area (Å²) >= 11 is 12.2. The minimum atomic E-state index is -4.53. The van der Waals surface area contributed by atoms with Gasteiger partial charge in [0.25, 0.3) is 0 Å². The second kappa shape index (κ2) is 7.47. The van der Waals surface area contributed by atoms with E-state index in [1.54, 1.807) is 18.3 Å². The number of H-pyrrole nitrogens is 1. The van der Waals surface area contributed by atoms with Gasteiger partial charge in [0.2, 0.25) is 0 Å². The smallest absolute Gasteiger partial charge is 0.354 e.